The number of ether oxygens (including phenoxy) is 1. The van der Waals surface area contributed by atoms with Gasteiger partial charge in [-0.25, -0.2) is 4.79 Å². The van der Waals surface area contributed by atoms with Crippen molar-refractivity contribution in [1.82, 2.24) is 5.32 Å². The van der Waals surface area contributed by atoms with E-state index in [1.54, 1.807) is 25.1 Å². The first kappa shape index (κ1) is 16.6. The molecule has 0 aromatic heterocycles. The van der Waals surface area contributed by atoms with Crippen LogP contribution in [0.25, 0.3) is 0 Å². The van der Waals surface area contributed by atoms with Gasteiger partial charge in [0.25, 0.3) is 0 Å². The number of hydrogen-bond donors (Lipinski definition) is 2. The van der Waals surface area contributed by atoms with Gasteiger partial charge in [0, 0.05) is 10.0 Å². The highest BCUT2D eigenvalue weighted by atomic mass is 35.5. The largest absolute Gasteiger partial charge is 0.442 e. The third-order valence-electron chi connectivity index (χ3n) is 3.17. The smallest absolute Gasteiger partial charge is 0.437 e. The van der Waals surface area contributed by atoms with Gasteiger partial charge in [-0.3, -0.25) is 10.1 Å². The number of nitrogens with one attached hydrogen (secondary N) is 1. The Balaban J connectivity index is 1.92. The average Bonchev–Trinajstić information content (AvgIpc) is 3.10. The number of carbonyl (C=O) groups excluding carboxylic acids is 2. The first-order valence-electron chi connectivity index (χ1n) is 6.59. The zero-order valence-electron chi connectivity index (χ0n) is 11.9. The lowest BCUT2D eigenvalue weighted by Crippen LogP contribution is -2.38. The Morgan fingerprint density at radius 2 is 1.95 bits per heavy atom. The van der Waals surface area contributed by atoms with Crippen LogP contribution in [-0.2, 0) is 16.0 Å². The Kier molecular flexibility index (Phi) is 4.93. The number of nitrogens with zero attached hydrogens (tertiary/aromatic N) is 1. The number of guanidine groups is 1. The van der Waals surface area contributed by atoms with Crippen LogP contribution in [0.4, 0.5) is 4.79 Å². The molecule has 1 fully saturated rings. The predicted molar refractivity (Wildman–Crippen MR) is 84.1 cm³/mol. The van der Waals surface area contributed by atoms with Crippen molar-refractivity contribution in [2.24, 2.45) is 10.7 Å². The topological polar surface area (TPSA) is 93.8 Å². The van der Waals surface area contributed by atoms with Crippen LogP contribution in [0.5, 0.6) is 0 Å². The highest BCUT2D eigenvalue weighted by Gasteiger charge is 2.41. The van der Waals surface area contributed by atoms with Crippen LogP contribution in [0.3, 0.4) is 0 Å². The third-order valence-corrected chi connectivity index (χ3v) is 3.87. The van der Waals surface area contributed by atoms with Crippen molar-refractivity contribution >= 4 is 41.2 Å². The van der Waals surface area contributed by atoms with Crippen molar-refractivity contribution < 1.29 is 14.3 Å². The first-order valence-corrected chi connectivity index (χ1v) is 7.34. The summed E-state index contributed by atoms with van der Waals surface area (Å²) in [4.78, 5) is 26.8. The highest BCUT2D eigenvalue weighted by molar-refractivity contribution is 6.36. The van der Waals surface area contributed by atoms with E-state index in [2.05, 4.69) is 10.3 Å². The van der Waals surface area contributed by atoms with E-state index in [-0.39, 0.29) is 12.4 Å². The minimum Gasteiger partial charge on any atom is -0.442 e. The van der Waals surface area contributed by atoms with Crippen molar-refractivity contribution in [3.63, 3.8) is 0 Å². The summed E-state index contributed by atoms with van der Waals surface area (Å²) >= 11 is 11.9. The Bertz CT molecular complexity index is 622. The minimum atomic E-state index is -0.825. The second-order valence-electron chi connectivity index (χ2n) is 5.24. The predicted octanol–water partition coefficient (Wildman–Crippen LogP) is 2.66. The number of hydrogen-bond acceptors (Lipinski definition) is 3. The molecule has 0 radical (unpaired) electrons. The van der Waals surface area contributed by atoms with Crippen LogP contribution in [-0.4, -0.2) is 23.6 Å². The van der Waals surface area contributed by atoms with Crippen LogP contribution in [0.15, 0.2) is 23.2 Å². The maximum Gasteiger partial charge on any atom is 0.437 e. The lowest BCUT2D eigenvalue weighted by atomic mass is 10.1. The molecule has 6 nitrogen and oxygen atoms in total. The number of rotatable bonds is 3. The fourth-order valence-electron chi connectivity index (χ4n) is 1.69. The van der Waals surface area contributed by atoms with Gasteiger partial charge in [-0.15, -0.1) is 4.99 Å². The van der Waals surface area contributed by atoms with Crippen LogP contribution in [0.1, 0.15) is 25.3 Å². The second-order valence-corrected chi connectivity index (χ2v) is 6.05. The van der Waals surface area contributed by atoms with Gasteiger partial charge in [0.1, 0.15) is 5.60 Å². The van der Waals surface area contributed by atoms with Gasteiger partial charge in [-0.2, -0.15) is 0 Å². The number of benzene rings is 1. The molecule has 1 saturated carbocycles. The maximum absolute atomic E-state index is 11.9. The molecule has 22 heavy (non-hydrogen) atoms. The summed E-state index contributed by atoms with van der Waals surface area (Å²) in [7, 11) is 0. The molecule has 2 amide bonds. The summed E-state index contributed by atoms with van der Waals surface area (Å²) in [5.41, 5.74) is 5.52. The summed E-state index contributed by atoms with van der Waals surface area (Å²) in [6.07, 6.45) is 0.687. The molecule has 0 aliphatic heterocycles. The van der Waals surface area contributed by atoms with Crippen molar-refractivity contribution in [3.8, 4) is 0 Å². The molecule has 8 heteroatoms. The number of carbonyl (C=O) groups is 2. The number of nitrogens with two attached hydrogens (primary N) is 1. The summed E-state index contributed by atoms with van der Waals surface area (Å²) in [5, 5.41) is 3.04. The molecule has 0 atom stereocenters. The number of halogens is 2. The number of amides is 2. The molecule has 1 aliphatic carbocycles. The molecular weight excluding hydrogens is 329 g/mol. The molecule has 1 aliphatic rings. The van der Waals surface area contributed by atoms with Gasteiger partial charge in [0.2, 0.25) is 11.9 Å². The van der Waals surface area contributed by atoms with Crippen LogP contribution in [0, 0.1) is 0 Å². The molecular formula is C14H15Cl2N3O3. The van der Waals surface area contributed by atoms with E-state index >= 15 is 0 Å². The fourth-order valence-corrected chi connectivity index (χ4v) is 2.22. The normalized spacial score (nSPS) is 16.0. The molecule has 0 unspecified atom stereocenters. The standard InChI is InChI=1S/C14H15Cl2N3O3/c1-14(5-6-14)22-13(21)19-12(17)18-11(20)7-8-9(15)3-2-4-10(8)16/h2-4H,5-7H2,1H3,(H3,17,18,19,20,21). The lowest BCUT2D eigenvalue weighted by Gasteiger charge is -2.09. The Morgan fingerprint density at radius 3 is 2.50 bits per heavy atom. The van der Waals surface area contributed by atoms with Gasteiger partial charge in [0.15, 0.2) is 0 Å². The molecule has 3 N–H and O–H groups in total. The van der Waals surface area contributed by atoms with E-state index in [9.17, 15) is 9.59 Å². The molecule has 0 saturated heterocycles. The Hall–Kier alpha value is -1.79. The van der Waals surface area contributed by atoms with Crippen molar-refractivity contribution in [2.75, 3.05) is 0 Å². The van der Waals surface area contributed by atoms with E-state index in [0.29, 0.717) is 15.6 Å². The lowest BCUT2D eigenvalue weighted by molar-refractivity contribution is -0.119. The monoisotopic (exact) mass is 343 g/mol. The zero-order valence-corrected chi connectivity index (χ0v) is 13.4. The Labute approximate surface area is 137 Å². The quantitative estimate of drug-likeness (QED) is 0.651. The van der Waals surface area contributed by atoms with E-state index in [4.69, 9.17) is 33.7 Å². The highest BCUT2D eigenvalue weighted by Crippen LogP contribution is 2.38. The van der Waals surface area contributed by atoms with E-state index in [1.807, 2.05) is 0 Å². The molecule has 1 aromatic carbocycles. The summed E-state index contributed by atoms with van der Waals surface area (Å²) in [6.45, 7) is 1.80. The van der Waals surface area contributed by atoms with Gasteiger partial charge in [-0.1, -0.05) is 29.3 Å². The van der Waals surface area contributed by atoms with E-state index in [1.165, 1.54) is 0 Å². The van der Waals surface area contributed by atoms with Crippen molar-refractivity contribution in [1.29, 1.82) is 0 Å². The second kappa shape index (κ2) is 6.54. The SMILES string of the molecule is CC1(OC(=O)N=C(N)NC(=O)Cc2c(Cl)cccc2Cl)CC1. The van der Waals surface area contributed by atoms with E-state index < -0.39 is 17.6 Å². The third kappa shape index (κ3) is 4.61. The van der Waals surface area contributed by atoms with Crippen LogP contribution >= 0.6 is 23.2 Å². The van der Waals surface area contributed by atoms with Gasteiger partial charge < -0.3 is 10.5 Å². The van der Waals surface area contributed by atoms with Crippen molar-refractivity contribution in [3.05, 3.63) is 33.8 Å². The number of aliphatic imine (C=N–C) groups is 1. The molecule has 1 aromatic rings. The summed E-state index contributed by atoms with van der Waals surface area (Å²) < 4.78 is 5.06. The first-order chi connectivity index (χ1) is 10.3. The summed E-state index contributed by atoms with van der Waals surface area (Å²) in [6, 6.07) is 4.93. The molecule has 0 heterocycles. The zero-order chi connectivity index (χ0) is 16.3. The van der Waals surface area contributed by atoms with Gasteiger partial charge >= 0.3 is 6.09 Å². The maximum atomic E-state index is 11.9. The van der Waals surface area contributed by atoms with Gasteiger partial charge in [0.05, 0.1) is 6.42 Å². The van der Waals surface area contributed by atoms with Crippen LogP contribution in [0.2, 0.25) is 10.0 Å². The molecule has 0 bridgehead atoms. The summed E-state index contributed by atoms with van der Waals surface area (Å²) in [5.74, 6) is -0.816. The minimum absolute atomic E-state index is 0.0819. The average molecular weight is 344 g/mol. The Morgan fingerprint density at radius 1 is 1.36 bits per heavy atom. The molecule has 118 valence electrons. The van der Waals surface area contributed by atoms with E-state index in [0.717, 1.165) is 12.8 Å². The van der Waals surface area contributed by atoms with Crippen LogP contribution < -0.4 is 11.1 Å². The van der Waals surface area contributed by atoms with Crippen molar-refractivity contribution in [2.45, 2.75) is 31.8 Å². The molecule has 2 rings (SSSR count). The fraction of sp³-hybridized carbons (Fsp3) is 0.357. The van der Waals surface area contributed by atoms with Gasteiger partial charge in [-0.05, 0) is 37.5 Å². The molecule has 0 spiro atoms.